The van der Waals surface area contributed by atoms with Crippen molar-refractivity contribution in [3.8, 4) is 0 Å². The summed E-state index contributed by atoms with van der Waals surface area (Å²) in [6.07, 6.45) is 2.71. The molecule has 3 rings (SSSR count). The summed E-state index contributed by atoms with van der Waals surface area (Å²) in [5.41, 5.74) is -0.249. The Morgan fingerprint density at radius 3 is 2.62 bits per heavy atom. The number of amides is 1. The zero-order valence-corrected chi connectivity index (χ0v) is 11.7. The summed E-state index contributed by atoms with van der Waals surface area (Å²) in [7, 11) is 0. The van der Waals surface area contributed by atoms with Gasteiger partial charge < -0.3 is 15.2 Å². The van der Waals surface area contributed by atoms with Crippen molar-refractivity contribution in [1.82, 2.24) is 5.32 Å². The number of aliphatic carboxylic acids is 1. The molecule has 3 atom stereocenters. The summed E-state index contributed by atoms with van der Waals surface area (Å²) in [5, 5.41) is 12.2. The average molecular weight is 289 g/mol. The highest BCUT2D eigenvalue weighted by Gasteiger charge is 2.57. The molecule has 0 aliphatic heterocycles. The lowest BCUT2D eigenvalue weighted by Gasteiger charge is -2.33. The molecule has 21 heavy (non-hydrogen) atoms. The Bertz CT molecular complexity index is 544. The van der Waals surface area contributed by atoms with E-state index in [0.29, 0.717) is 12.3 Å². The lowest BCUT2D eigenvalue weighted by atomic mass is 9.81. The van der Waals surface area contributed by atoms with Crippen LogP contribution in [-0.2, 0) is 16.1 Å². The van der Waals surface area contributed by atoms with Gasteiger partial charge in [0.05, 0.1) is 0 Å². The van der Waals surface area contributed by atoms with E-state index in [1.54, 1.807) is 0 Å². The van der Waals surface area contributed by atoms with E-state index < -0.39 is 17.6 Å². The highest BCUT2D eigenvalue weighted by Crippen LogP contribution is 2.50. The molecule has 0 aromatic heterocycles. The highest BCUT2D eigenvalue weighted by atomic mass is 16.5. The lowest BCUT2D eigenvalue weighted by Crippen LogP contribution is -2.58. The molecule has 2 N–H and O–H groups in total. The Kier molecular flexibility index (Phi) is 3.57. The van der Waals surface area contributed by atoms with Crippen molar-refractivity contribution in [2.45, 2.75) is 37.8 Å². The molecule has 2 fully saturated rings. The van der Waals surface area contributed by atoms with Gasteiger partial charge in [-0.05, 0) is 43.1 Å². The van der Waals surface area contributed by atoms with Crippen LogP contribution in [0.1, 0.15) is 31.2 Å². The van der Waals surface area contributed by atoms with Gasteiger partial charge in [-0.3, -0.25) is 0 Å². The SMILES string of the molecule is O=C(N[C@]1(C(=O)O)C[C@H]2CC[C@@H]1C2)OCc1ccccc1. The van der Waals surface area contributed by atoms with Crippen molar-refractivity contribution >= 4 is 12.1 Å². The zero-order chi connectivity index (χ0) is 14.9. The lowest BCUT2D eigenvalue weighted by molar-refractivity contribution is -0.147. The second-order valence-electron chi connectivity index (χ2n) is 6.04. The van der Waals surface area contributed by atoms with Gasteiger partial charge in [0, 0.05) is 0 Å². The van der Waals surface area contributed by atoms with Crippen LogP contribution in [-0.4, -0.2) is 22.7 Å². The molecular formula is C16H19NO4. The van der Waals surface area contributed by atoms with Crippen LogP contribution in [0.2, 0.25) is 0 Å². The number of fused-ring (bicyclic) bond motifs is 2. The largest absolute Gasteiger partial charge is 0.479 e. The van der Waals surface area contributed by atoms with Crippen LogP contribution in [0.25, 0.3) is 0 Å². The van der Waals surface area contributed by atoms with Gasteiger partial charge in [-0.15, -0.1) is 0 Å². The maximum absolute atomic E-state index is 12.0. The van der Waals surface area contributed by atoms with Crippen LogP contribution in [0.15, 0.2) is 30.3 Å². The third-order valence-corrected chi connectivity index (χ3v) is 4.77. The molecule has 1 aromatic rings. The number of carbonyl (C=O) groups excluding carboxylic acids is 1. The number of nitrogens with one attached hydrogen (secondary N) is 1. The van der Waals surface area contributed by atoms with Gasteiger partial charge in [0.15, 0.2) is 0 Å². The Balaban J connectivity index is 1.62. The van der Waals surface area contributed by atoms with Crippen molar-refractivity contribution in [3.05, 3.63) is 35.9 Å². The van der Waals surface area contributed by atoms with Crippen molar-refractivity contribution in [2.24, 2.45) is 11.8 Å². The van der Waals surface area contributed by atoms with E-state index in [1.807, 2.05) is 30.3 Å². The van der Waals surface area contributed by atoms with Crippen molar-refractivity contribution in [3.63, 3.8) is 0 Å². The van der Waals surface area contributed by atoms with E-state index in [9.17, 15) is 14.7 Å². The predicted octanol–water partition coefficient (Wildman–Crippen LogP) is 2.56. The molecule has 0 spiro atoms. The minimum absolute atomic E-state index is 0.0317. The van der Waals surface area contributed by atoms with E-state index in [4.69, 9.17) is 4.74 Å². The maximum atomic E-state index is 12.0. The van der Waals surface area contributed by atoms with E-state index in [1.165, 1.54) is 0 Å². The van der Waals surface area contributed by atoms with Crippen molar-refractivity contribution in [1.29, 1.82) is 0 Å². The fourth-order valence-corrected chi connectivity index (χ4v) is 3.74. The topological polar surface area (TPSA) is 75.6 Å². The summed E-state index contributed by atoms with van der Waals surface area (Å²) in [4.78, 5) is 23.6. The molecule has 5 nitrogen and oxygen atoms in total. The number of rotatable bonds is 4. The number of hydrogen-bond donors (Lipinski definition) is 2. The van der Waals surface area contributed by atoms with Crippen molar-refractivity contribution in [2.75, 3.05) is 0 Å². The number of hydrogen-bond acceptors (Lipinski definition) is 3. The van der Waals surface area contributed by atoms with Crippen LogP contribution in [0.4, 0.5) is 4.79 Å². The molecular weight excluding hydrogens is 270 g/mol. The standard InChI is InChI=1S/C16H19NO4/c18-14(19)16(9-12-6-7-13(16)8-12)17-15(20)21-10-11-4-2-1-3-5-11/h1-5,12-13H,6-10H2,(H,17,20)(H,18,19)/t12-,13+,16+/m0/s1. The van der Waals surface area contributed by atoms with E-state index in [-0.39, 0.29) is 12.5 Å². The van der Waals surface area contributed by atoms with Gasteiger partial charge in [0.1, 0.15) is 12.1 Å². The quantitative estimate of drug-likeness (QED) is 0.893. The third-order valence-electron chi connectivity index (χ3n) is 4.77. The summed E-state index contributed by atoms with van der Waals surface area (Å²) in [5.74, 6) is -0.490. The van der Waals surface area contributed by atoms with Gasteiger partial charge in [-0.1, -0.05) is 30.3 Å². The first-order valence-corrected chi connectivity index (χ1v) is 7.32. The first kappa shape index (κ1) is 13.9. The van der Waals surface area contributed by atoms with Gasteiger partial charge in [-0.25, -0.2) is 9.59 Å². The zero-order valence-electron chi connectivity index (χ0n) is 11.7. The number of carboxylic acid groups (broad SMARTS) is 1. The smallest absolute Gasteiger partial charge is 0.408 e. The van der Waals surface area contributed by atoms with E-state index >= 15 is 0 Å². The summed E-state index contributed by atoms with van der Waals surface area (Å²) in [6, 6.07) is 9.34. The van der Waals surface area contributed by atoms with Gasteiger partial charge >= 0.3 is 12.1 Å². The minimum atomic E-state index is -1.13. The number of alkyl carbamates (subject to hydrolysis) is 1. The van der Waals surface area contributed by atoms with Crippen LogP contribution in [0.3, 0.4) is 0 Å². The van der Waals surface area contributed by atoms with E-state index in [2.05, 4.69) is 5.32 Å². The second kappa shape index (κ2) is 5.39. The highest BCUT2D eigenvalue weighted by molar-refractivity contribution is 5.85. The molecule has 0 saturated heterocycles. The monoisotopic (exact) mass is 289 g/mol. The first-order valence-electron chi connectivity index (χ1n) is 7.32. The predicted molar refractivity (Wildman–Crippen MR) is 75.6 cm³/mol. The fraction of sp³-hybridized carbons (Fsp3) is 0.500. The molecule has 2 aliphatic rings. The molecule has 0 heterocycles. The third kappa shape index (κ3) is 2.60. The van der Waals surface area contributed by atoms with Crippen LogP contribution < -0.4 is 5.32 Å². The summed E-state index contributed by atoms with van der Waals surface area (Å²) < 4.78 is 5.16. The molecule has 5 heteroatoms. The summed E-state index contributed by atoms with van der Waals surface area (Å²) >= 11 is 0. The maximum Gasteiger partial charge on any atom is 0.408 e. The number of carboxylic acids is 1. The van der Waals surface area contributed by atoms with E-state index in [0.717, 1.165) is 24.8 Å². The Morgan fingerprint density at radius 2 is 2.05 bits per heavy atom. The number of carbonyl (C=O) groups is 2. The minimum Gasteiger partial charge on any atom is -0.479 e. The van der Waals surface area contributed by atoms with Crippen molar-refractivity contribution < 1.29 is 19.4 Å². The second-order valence-corrected chi connectivity index (χ2v) is 6.04. The van der Waals surface area contributed by atoms with Gasteiger partial charge in [0.25, 0.3) is 0 Å². The molecule has 1 aromatic carbocycles. The Morgan fingerprint density at radius 1 is 1.29 bits per heavy atom. The summed E-state index contributed by atoms with van der Waals surface area (Å²) in [6.45, 7) is 0.149. The Labute approximate surface area is 123 Å². The van der Waals surface area contributed by atoms with Crippen LogP contribution in [0.5, 0.6) is 0 Å². The fourth-order valence-electron chi connectivity index (χ4n) is 3.74. The molecule has 2 saturated carbocycles. The molecule has 112 valence electrons. The van der Waals surface area contributed by atoms with Crippen LogP contribution >= 0.6 is 0 Å². The van der Waals surface area contributed by atoms with Gasteiger partial charge in [0.2, 0.25) is 0 Å². The molecule has 2 aliphatic carbocycles. The first-order chi connectivity index (χ1) is 10.1. The van der Waals surface area contributed by atoms with Crippen LogP contribution in [0, 0.1) is 11.8 Å². The molecule has 1 amide bonds. The normalized spacial score (nSPS) is 30.1. The molecule has 2 bridgehead atoms. The molecule has 0 unspecified atom stereocenters. The Hall–Kier alpha value is -2.04. The number of benzene rings is 1. The van der Waals surface area contributed by atoms with Gasteiger partial charge in [-0.2, -0.15) is 0 Å². The average Bonchev–Trinajstić information content (AvgIpc) is 3.07. The molecule has 0 radical (unpaired) electrons. The number of ether oxygens (including phenoxy) is 1.